The molecule has 1 saturated carbocycles. The van der Waals surface area contributed by atoms with Crippen LogP contribution in [-0.4, -0.2) is 30.1 Å². The zero-order valence-corrected chi connectivity index (χ0v) is 11.7. The van der Waals surface area contributed by atoms with E-state index in [0.29, 0.717) is 6.04 Å². The molecule has 1 aliphatic rings. The maximum atomic E-state index is 12.0. The second-order valence-corrected chi connectivity index (χ2v) is 5.06. The Morgan fingerprint density at radius 2 is 1.94 bits per heavy atom. The van der Waals surface area contributed by atoms with E-state index in [1.54, 1.807) is 0 Å². The molecule has 0 bridgehead atoms. The fourth-order valence-corrected chi connectivity index (χ4v) is 2.80. The monoisotopic (exact) mass is 240 g/mol. The first kappa shape index (κ1) is 14.3. The topological polar surface area (TPSA) is 32.3 Å². The average molecular weight is 240 g/mol. The van der Waals surface area contributed by atoms with Crippen LogP contribution in [0.5, 0.6) is 0 Å². The van der Waals surface area contributed by atoms with Gasteiger partial charge < -0.3 is 10.2 Å². The van der Waals surface area contributed by atoms with E-state index in [0.717, 1.165) is 19.0 Å². The Bertz CT molecular complexity index is 226. The van der Waals surface area contributed by atoms with Gasteiger partial charge in [-0.25, -0.2) is 4.79 Å². The van der Waals surface area contributed by atoms with E-state index in [1.807, 2.05) is 18.7 Å². The number of nitrogens with zero attached hydrogens (tertiary/aromatic N) is 1. The Labute approximate surface area is 106 Å². The van der Waals surface area contributed by atoms with Crippen LogP contribution in [0.25, 0.3) is 0 Å². The second-order valence-electron chi connectivity index (χ2n) is 5.06. The van der Waals surface area contributed by atoms with Crippen molar-refractivity contribution in [1.82, 2.24) is 10.2 Å². The number of hydrogen-bond acceptors (Lipinski definition) is 1. The SMILES string of the molecule is CCCC[C@H]1CCC[C@H]1NC(=O)N(CC)CC. The molecule has 0 aliphatic heterocycles. The van der Waals surface area contributed by atoms with Crippen molar-refractivity contribution in [2.45, 2.75) is 65.3 Å². The minimum absolute atomic E-state index is 0.128. The number of urea groups is 1. The van der Waals surface area contributed by atoms with E-state index in [1.165, 1.54) is 38.5 Å². The number of amides is 2. The Morgan fingerprint density at radius 1 is 1.24 bits per heavy atom. The van der Waals surface area contributed by atoms with E-state index >= 15 is 0 Å². The molecule has 0 aromatic heterocycles. The lowest BCUT2D eigenvalue weighted by molar-refractivity contribution is 0.195. The molecule has 0 spiro atoms. The van der Waals surface area contributed by atoms with E-state index in [-0.39, 0.29) is 6.03 Å². The van der Waals surface area contributed by atoms with Gasteiger partial charge in [0.1, 0.15) is 0 Å². The molecular formula is C14H28N2O. The van der Waals surface area contributed by atoms with Crippen molar-refractivity contribution in [3.63, 3.8) is 0 Å². The summed E-state index contributed by atoms with van der Waals surface area (Å²) in [6.45, 7) is 7.90. The molecule has 1 rings (SSSR count). The maximum Gasteiger partial charge on any atom is 0.317 e. The third-order valence-electron chi connectivity index (χ3n) is 3.95. The predicted octanol–water partition coefficient (Wildman–Crippen LogP) is 3.40. The first-order valence-corrected chi connectivity index (χ1v) is 7.28. The third-order valence-corrected chi connectivity index (χ3v) is 3.95. The second kappa shape index (κ2) is 7.57. The Kier molecular flexibility index (Phi) is 6.38. The summed E-state index contributed by atoms with van der Waals surface area (Å²) in [5.74, 6) is 0.717. The molecular weight excluding hydrogens is 212 g/mol. The van der Waals surface area contributed by atoms with Crippen LogP contribution in [0.2, 0.25) is 0 Å². The lowest BCUT2D eigenvalue weighted by atomic mass is 9.97. The summed E-state index contributed by atoms with van der Waals surface area (Å²) in [6, 6.07) is 0.554. The van der Waals surface area contributed by atoms with Crippen molar-refractivity contribution in [3.05, 3.63) is 0 Å². The first-order valence-electron chi connectivity index (χ1n) is 7.28. The van der Waals surface area contributed by atoms with Gasteiger partial charge in [0, 0.05) is 19.1 Å². The molecule has 1 N–H and O–H groups in total. The highest BCUT2D eigenvalue weighted by atomic mass is 16.2. The van der Waals surface area contributed by atoms with Crippen molar-refractivity contribution in [1.29, 1.82) is 0 Å². The number of nitrogens with one attached hydrogen (secondary N) is 1. The average Bonchev–Trinajstić information content (AvgIpc) is 2.75. The highest BCUT2D eigenvalue weighted by molar-refractivity contribution is 5.74. The lowest BCUT2D eigenvalue weighted by Crippen LogP contribution is -2.46. The van der Waals surface area contributed by atoms with Crippen molar-refractivity contribution in [2.75, 3.05) is 13.1 Å². The van der Waals surface area contributed by atoms with Crippen molar-refractivity contribution < 1.29 is 4.79 Å². The molecule has 1 aliphatic carbocycles. The van der Waals surface area contributed by atoms with Crippen LogP contribution in [0.4, 0.5) is 4.79 Å². The summed E-state index contributed by atoms with van der Waals surface area (Å²) >= 11 is 0. The molecule has 0 aromatic rings. The van der Waals surface area contributed by atoms with Crippen molar-refractivity contribution >= 4 is 6.03 Å². The Hall–Kier alpha value is -0.730. The van der Waals surface area contributed by atoms with Gasteiger partial charge in [-0.15, -0.1) is 0 Å². The summed E-state index contributed by atoms with van der Waals surface area (Å²) in [7, 11) is 0. The minimum atomic E-state index is 0.128. The molecule has 0 aromatic carbocycles. The van der Waals surface area contributed by atoms with E-state index in [9.17, 15) is 4.79 Å². The summed E-state index contributed by atoms with van der Waals surface area (Å²) in [5.41, 5.74) is 0. The lowest BCUT2D eigenvalue weighted by Gasteiger charge is -2.25. The van der Waals surface area contributed by atoms with E-state index in [4.69, 9.17) is 0 Å². The Balaban J connectivity index is 2.40. The maximum absolute atomic E-state index is 12.0. The van der Waals surface area contributed by atoms with Crippen LogP contribution >= 0.6 is 0 Å². The largest absolute Gasteiger partial charge is 0.335 e. The van der Waals surface area contributed by atoms with Crippen LogP contribution in [0.3, 0.4) is 0 Å². The van der Waals surface area contributed by atoms with Gasteiger partial charge in [-0.3, -0.25) is 0 Å². The molecule has 3 nitrogen and oxygen atoms in total. The quantitative estimate of drug-likeness (QED) is 0.758. The van der Waals surface area contributed by atoms with Gasteiger partial charge >= 0.3 is 6.03 Å². The molecule has 100 valence electrons. The number of rotatable bonds is 6. The highest BCUT2D eigenvalue weighted by Gasteiger charge is 2.28. The van der Waals surface area contributed by atoms with E-state index < -0.39 is 0 Å². The summed E-state index contributed by atoms with van der Waals surface area (Å²) in [6.07, 6.45) is 7.57. The van der Waals surface area contributed by atoms with Crippen LogP contribution in [-0.2, 0) is 0 Å². The predicted molar refractivity (Wildman–Crippen MR) is 72.1 cm³/mol. The van der Waals surface area contributed by atoms with Crippen LogP contribution in [0.1, 0.15) is 59.3 Å². The number of hydrogen-bond donors (Lipinski definition) is 1. The van der Waals surface area contributed by atoms with Gasteiger partial charge in [0.05, 0.1) is 0 Å². The molecule has 3 heteroatoms. The summed E-state index contributed by atoms with van der Waals surface area (Å²) < 4.78 is 0. The molecule has 0 heterocycles. The molecule has 2 amide bonds. The fourth-order valence-electron chi connectivity index (χ4n) is 2.80. The highest BCUT2D eigenvalue weighted by Crippen LogP contribution is 2.29. The van der Waals surface area contributed by atoms with E-state index in [2.05, 4.69) is 12.2 Å². The normalized spacial score (nSPS) is 23.7. The summed E-state index contributed by atoms with van der Waals surface area (Å²) in [4.78, 5) is 13.9. The van der Waals surface area contributed by atoms with Gasteiger partial charge in [-0.2, -0.15) is 0 Å². The molecule has 17 heavy (non-hydrogen) atoms. The van der Waals surface area contributed by atoms with Crippen molar-refractivity contribution in [3.8, 4) is 0 Å². The molecule has 0 radical (unpaired) electrons. The number of carbonyl (C=O) groups is 1. The van der Waals surface area contributed by atoms with Gasteiger partial charge in [-0.05, 0) is 39.0 Å². The number of unbranched alkanes of at least 4 members (excludes halogenated alkanes) is 1. The minimum Gasteiger partial charge on any atom is -0.335 e. The fraction of sp³-hybridized carbons (Fsp3) is 0.929. The molecule has 0 unspecified atom stereocenters. The first-order chi connectivity index (χ1) is 8.22. The summed E-state index contributed by atoms with van der Waals surface area (Å²) in [5, 5.41) is 3.23. The third kappa shape index (κ3) is 4.21. The van der Waals surface area contributed by atoms with Gasteiger partial charge in [0.25, 0.3) is 0 Å². The van der Waals surface area contributed by atoms with Gasteiger partial charge in [0.15, 0.2) is 0 Å². The zero-order chi connectivity index (χ0) is 12.7. The zero-order valence-electron chi connectivity index (χ0n) is 11.7. The smallest absolute Gasteiger partial charge is 0.317 e. The van der Waals surface area contributed by atoms with Crippen LogP contribution < -0.4 is 5.32 Å². The van der Waals surface area contributed by atoms with Crippen LogP contribution in [0.15, 0.2) is 0 Å². The van der Waals surface area contributed by atoms with Gasteiger partial charge in [-0.1, -0.05) is 26.2 Å². The Morgan fingerprint density at radius 3 is 2.53 bits per heavy atom. The van der Waals surface area contributed by atoms with Crippen LogP contribution in [0, 0.1) is 5.92 Å². The van der Waals surface area contributed by atoms with Crippen molar-refractivity contribution in [2.24, 2.45) is 5.92 Å². The standard InChI is InChI=1S/C14H28N2O/c1-4-7-9-12-10-8-11-13(12)15-14(17)16(5-2)6-3/h12-13H,4-11H2,1-3H3,(H,15,17)/t12-,13+/m0/s1. The molecule has 0 saturated heterocycles. The molecule has 2 atom stereocenters. The van der Waals surface area contributed by atoms with Gasteiger partial charge in [0.2, 0.25) is 0 Å². The molecule has 1 fully saturated rings. The number of carbonyl (C=O) groups excluding carboxylic acids is 1.